The van der Waals surface area contributed by atoms with Crippen molar-refractivity contribution in [3.8, 4) is 11.4 Å². The van der Waals surface area contributed by atoms with Crippen LogP contribution in [-0.2, 0) is 14.3 Å². The van der Waals surface area contributed by atoms with Crippen LogP contribution in [0.3, 0.4) is 0 Å². The highest BCUT2D eigenvalue weighted by molar-refractivity contribution is 7.99. The van der Waals surface area contributed by atoms with Gasteiger partial charge >= 0.3 is 5.97 Å². The van der Waals surface area contributed by atoms with E-state index in [-0.39, 0.29) is 24.8 Å². The number of nitrogens with zero attached hydrogens (tertiary/aromatic N) is 3. The van der Waals surface area contributed by atoms with E-state index in [1.807, 2.05) is 30.3 Å². The summed E-state index contributed by atoms with van der Waals surface area (Å²) in [5, 5.41) is 10.9. The van der Waals surface area contributed by atoms with Crippen molar-refractivity contribution in [3.63, 3.8) is 0 Å². The maximum atomic E-state index is 11.7. The molecule has 0 saturated carbocycles. The van der Waals surface area contributed by atoms with Crippen LogP contribution >= 0.6 is 11.8 Å². The lowest BCUT2D eigenvalue weighted by Gasteiger charge is -2.05. The van der Waals surface area contributed by atoms with Crippen molar-refractivity contribution in [1.82, 2.24) is 20.2 Å². The number of nitrogen functional groups attached to an aromatic ring is 1. The molecule has 1 heterocycles. The van der Waals surface area contributed by atoms with Crippen molar-refractivity contribution in [1.29, 1.82) is 0 Å². The van der Waals surface area contributed by atoms with E-state index in [1.165, 1.54) is 4.68 Å². The second-order valence-corrected chi connectivity index (χ2v) is 5.36. The van der Waals surface area contributed by atoms with Crippen LogP contribution < -0.4 is 11.2 Å². The zero-order valence-electron chi connectivity index (χ0n) is 12.6. The molecular formula is C14H17N5O3S. The van der Waals surface area contributed by atoms with Crippen LogP contribution in [0.4, 0.5) is 0 Å². The first kappa shape index (κ1) is 16.8. The molecule has 0 atom stereocenters. The van der Waals surface area contributed by atoms with E-state index >= 15 is 0 Å². The van der Waals surface area contributed by atoms with Crippen LogP contribution in [0.15, 0.2) is 35.5 Å². The summed E-state index contributed by atoms with van der Waals surface area (Å²) in [5.41, 5.74) is 0.834. The predicted molar refractivity (Wildman–Crippen MR) is 86.0 cm³/mol. The fourth-order valence-electron chi connectivity index (χ4n) is 1.72. The lowest BCUT2D eigenvalue weighted by Crippen LogP contribution is -2.32. The van der Waals surface area contributed by atoms with Crippen LogP contribution in [-0.4, -0.2) is 45.7 Å². The molecule has 8 nitrogen and oxygen atoms in total. The summed E-state index contributed by atoms with van der Waals surface area (Å²) in [6, 6.07) is 9.38. The number of hydrogen-bond donors (Lipinski definition) is 2. The van der Waals surface area contributed by atoms with Crippen molar-refractivity contribution in [2.75, 3.05) is 24.7 Å². The summed E-state index contributed by atoms with van der Waals surface area (Å²) in [4.78, 5) is 22.8. The second kappa shape index (κ2) is 8.18. The molecule has 2 rings (SSSR count). The minimum absolute atomic E-state index is 0.0729. The first-order chi connectivity index (χ1) is 11.1. The lowest BCUT2D eigenvalue weighted by atomic mass is 10.2. The third-order valence-electron chi connectivity index (χ3n) is 2.76. The molecule has 23 heavy (non-hydrogen) atoms. The summed E-state index contributed by atoms with van der Waals surface area (Å²) in [6.07, 6.45) is 0. The minimum Gasteiger partial charge on any atom is -0.465 e. The number of thioether (sulfide) groups is 1. The molecule has 0 bridgehead atoms. The number of rotatable bonds is 7. The molecule has 0 aliphatic heterocycles. The molecule has 3 N–H and O–H groups in total. The smallest absolute Gasteiger partial charge is 0.325 e. The van der Waals surface area contributed by atoms with Gasteiger partial charge in [-0.15, -0.1) is 10.2 Å². The van der Waals surface area contributed by atoms with Gasteiger partial charge in [-0.1, -0.05) is 42.1 Å². The molecule has 9 heteroatoms. The Labute approximate surface area is 137 Å². The van der Waals surface area contributed by atoms with Gasteiger partial charge in [0.2, 0.25) is 11.1 Å². The molecule has 0 spiro atoms. The summed E-state index contributed by atoms with van der Waals surface area (Å²) in [6.45, 7) is 1.83. The number of carbonyl (C=O) groups is 2. The van der Waals surface area contributed by atoms with Gasteiger partial charge in [0, 0.05) is 5.56 Å². The second-order valence-electron chi connectivity index (χ2n) is 4.41. The molecule has 0 radical (unpaired) electrons. The van der Waals surface area contributed by atoms with Crippen LogP contribution in [0.25, 0.3) is 11.4 Å². The van der Waals surface area contributed by atoms with Gasteiger partial charge in [-0.05, 0) is 6.92 Å². The number of hydrogen-bond acceptors (Lipinski definition) is 7. The summed E-state index contributed by atoms with van der Waals surface area (Å²) < 4.78 is 6.05. The van der Waals surface area contributed by atoms with E-state index in [0.29, 0.717) is 11.0 Å². The first-order valence-corrected chi connectivity index (χ1v) is 7.91. The van der Waals surface area contributed by atoms with E-state index in [9.17, 15) is 9.59 Å². The van der Waals surface area contributed by atoms with Crippen LogP contribution in [0, 0.1) is 0 Å². The number of esters is 1. The summed E-state index contributed by atoms with van der Waals surface area (Å²) >= 11 is 1.14. The van der Waals surface area contributed by atoms with Gasteiger partial charge in [0.25, 0.3) is 0 Å². The predicted octanol–water partition coefficient (Wildman–Crippen LogP) is 0.430. The molecule has 122 valence electrons. The van der Waals surface area contributed by atoms with Crippen molar-refractivity contribution in [2.45, 2.75) is 12.1 Å². The number of carbonyl (C=O) groups excluding carboxylic acids is 2. The minimum atomic E-state index is -0.473. The van der Waals surface area contributed by atoms with Crippen molar-refractivity contribution in [2.24, 2.45) is 0 Å². The summed E-state index contributed by atoms with van der Waals surface area (Å²) in [7, 11) is 0. The Bertz CT molecular complexity index is 674. The van der Waals surface area contributed by atoms with Gasteiger partial charge in [-0.3, -0.25) is 9.59 Å². The van der Waals surface area contributed by atoms with Gasteiger partial charge in [-0.2, -0.15) is 0 Å². The Morgan fingerprint density at radius 1 is 1.30 bits per heavy atom. The van der Waals surface area contributed by atoms with Gasteiger partial charge < -0.3 is 15.9 Å². The maximum absolute atomic E-state index is 11.7. The van der Waals surface area contributed by atoms with Crippen molar-refractivity contribution in [3.05, 3.63) is 30.3 Å². The highest BCUT2D eigenvalue weighted by atomic mass is 32.2. The number of nitrogens with two attached hydrogens (primary N) is 1. The largest absolute Gasteiger partial charge is 0.465 e. The fraction of sp³-hybridized carbons (Fsp3) is 0.286. The zero-order chi connectivity index (χ0) is 16.7. The van der Waals surface area contributed by atoms with E-state index in [4.69, 9.17) is 10.6 Å². The van der Waals surface area contributed by atoms with Crippen molar-refractivity contribution < 1.29 is 14.3 Å². The molecule has 2 aromatic rings. The maximum Gasteiger partial charge on any atom is 0.325 e. The average molecular weight is 335 g/mol. The number of amides is 1. The van der Waals surface area contributed by atoms with Crippen LogP contribution in [0.5, 0.6) is 0 Å². The molecule has 1 aromatic carbocycles. The van der Waals surface area contributed by atoms with Gasteiger partial charge in [0.15, 0.2) is 5.82 Å². The third-order valence-corrected chi connectivity index (χ3v) is 3.71. The molecule has 1 aromatic heterocycles. The van der Waals surface area contributed by atoms with Gasteiger partial charge in [-0.25, -0.2) is 4.68 Å². The summed E-state index contributed by atoms with van der Waals surface area (Å²) in [5.74, 6) is 5.75. The topological polar surface area (TPSA) is 112 Å². The molecular weight excluding hydrogens is 318 g/mol. The Kier molecular flexibility index (Phi) is 5.98. The number of ether oxygens (including phenoxy) is 1. The highest BCUT2D eigenvalue weighted by Crippen LogP contribution is 2.20. The Hall–Kier alpha value is -2.55. The molecule has 0 aliphatic rings. The average Bonchev–Trinajstić information content (AvgIpc) is 2.93. The molecule has 0 fully saturated rings. The number of nitrogens with one attached hydrogen (secondary N) is 1. The number of benzene rings is 1. The highest BCUT2D eigenvalue weighted by Gasteiger charge is 2.14. The van der Waals surface area contributed by atoms with Gasteiger partial charge in [0.1, 0.15) is 6.54 Å². The third kappa shape index (κ3) is 4.71. The lowest BCUT2D eigenvalue weighted by molar-refractivity contribution is -0.143. The fourth-order valence-corrected chi connectivity index (χ4v) is 2.41. The Morgan fingerprint density at radius 3 is 2.74 bits per heavy atom. The standard InChI is InChI=1S/C14H17N5O3S/c1-2-22-12(21)8-16-11(20)9-23-14-18-17-13(19(14)15)10-6-4-3-5-7-10/h3-7H,2,8-9,15H2,1H3,(H,16,20). The Balaban J connectivity index is 1.88. The van der Waals surface area contributed by atoms with E-state index in [0.717, 1.165) is 17.3 Å². The van der Waals surface area contributed by atoms with E-state index in [2.05, 4.69) is 15.5 Å². The van der Waals surface area contributed by atoms with E-state index < -0.39 is 5.97 Å². The van der Waals surface area contributed by atoms with Crippen LogP contribution in [0.2, 0.25) is 0 Å². The monoisotopic (exact) mass is 335 g/mol. The first-order valence-electron chi connectivity index (χ1n) is 6.92. The van der Waals surface area contributed by atoms with E-state index in [1.54, 1.807) is 6.92 Å². The quantitative estimate of drug-likeness (QED) is 0.429. The molecule has 0 unspecified atom stereocenters. The zero-order valence-corrected chi connectivity index (χ0v) is 13.4. The normalized spacial score (nSPS) is 10.3. The number of aromatic nitrogens is 3. The SMILES string of the molecule is CCOC(=O)CNC(=O)CSc1nnc(-c2ccccc2)n1N. The van der Waals surface area contributed by atoms with Gasteiger partial charge in [0.05, 0.1) is 12.4 Å². The Morgan fingerprint density at radius 2 is 2.04 bits per heavy atom. The molecule has 0 aliphatic carbocycles. The molecule has 0 saturated heterocycles. The van der Waals surface area contributed by atoms with Crippen molar-refractivity contribution >= 4 is 23.6 Å². The van der Waals surface area contributed by atoms with Crippen LogP contribution in [0.1, 0.15) is 6.92 Å². The molecule has 1 amide bonds.